The third-order valence-corrected chi connectivity index (χ3v) is 3.53. The number of hydrogen-bond acceptors (Lipinski definition) is 1. The molecule has 1 aromatic heterocycles. The van der Waals surface area contributed by atoms with Gasteiger partial charge in [0.05, 0.1) is 0 Å². The van der Waals surface area contributed by atoms with Crippen LogP contribution in [0.5, 0.6) is 0 Å². The number of hydrogen-bond donors (Lipinski definition) is 2. The Labute approximate surface area is 97.2 Å². The molecule has 2 nitrogen and oxygen atoms in total. The van der Waals surface area contributed by atoms with E-state index in [-0.39, 0.29) is 0 Å². The van der Waals surface area contributed by atoms with Crippen molar-refractivity contribution in [3.63, 3.8) is 0 Å². The molecule has 0 saturated carbocycles. The van der Waals surface area contributed by atoms with Crippen molar-refractivity contribution < 1.29 is 0 Å². The summed E-state index contributed by atoms with van der Waals surface area (Å²) in [4.78, 5) is 3.52. The fourth-order valence-corrected chi connectivity index (χ4v) is 2.66. The molecule has 0 amide bonds. The van der Waals surface area contributed by atoms with Crippen LogP contribution < -0.4 is 5.32 Å². The van der Waals surface area contributed by atoms with Crippen LogP contribution in [0.4, 0.5) is 0 Å². The smallest absolute Gasteiger partial charge is 0.0460 e. The quantitative estimate of drug-likeness (QED) is 0.753. The van der Waals surface area contributed by atoms with Gasteiger partial charge in [0.2, 0.25) is 0 Å². The fraction of sp³-hybridized carbons (Fsp3) is 0.333. The number of benzene rings is 1. The maximum absolute atomic E-state index is 3.53. The summed E-state index contributed by atoms with van der Waals surface area (Å²) in [6.07, 6.45) is 2.38. The molecule has 1 aliphatic rings. The predicted molar refractivity (Wildman–Crippen MR) is 66.0 cm³/mol. The Hall–Kier alpha value is -0.800. The van der Waals surface area contributed by atoms with Gasteiger partial charge in [0.25, 0.3) is 0 Å². The van der Waals surface area contributed by atoms with Crippen LogP contribution in [0.3, 0.4) is 0 Å². The van der Waals surface area contributed by atoms with Crippen molar-refractivity contribution in [1.29, 1.82) is 0 Å². The Morgan fingerprint density at radius 2 is 2.20 bits per heavy atom. The average molecular weight is 265 g/mol. The zero-order chi connectivity index (χ0) is 10.3. The molecule has 0 atom stereocenters. The molecule has 2 heterocycles. The molecule has 0 saturated heterocycles. The van der Waals surface area contributed by atoms with E-state index in [0.29, 0.717) is 0 Å². The lowest BCUT2D eigenvalue weighted by atomic mass is 10.1. The van der Waals surface area contributed by atoms with Gasteiger partial charge in [-0.3, -0.25) is 0 Å². The zero-order valence-corrected chi connectivity index (χ0v) is 10.0. The molecule has 0 spiro atoms. The van der Waals surface area contributed by atoms with Crippen molar-refractivity contribution in [3.8, 4) is 0 Å². The van der Waals surface area contributed by atoms with Gasteiger partial charge in [0.15, 0.2) is 0 Å². The van der Waals surface area contributed by atoms with Gasteiger partial charge in [0.1, 0.15) is 0 Å². The highest BCUT2D eigenvalue weighted by atomic mass is 79.9. The Bertz CT molecular complexity index is 502. The highest BCUT2D eigenvalue weighted by Crippen LogP contribution is 2.27. The highest BCUT2D eigenvalue weighted by Gasteiger charge is 2.13. The van der Waals surface area contributed by atoms with E-state index in [9.17, 15) is 0 Å². The molecule has 0 fully saturated rings. The van der Waals surface area contributed by atoms with Gasteiger partial charge in [-0.05, 0) is 43.1 Å². The molecule has 78 valence electrons. The summed E-state index contributed by atoms with van der Waals surface area (Å²) < 4.78 is 1.15. The molecule has 0 bridgehead atoms. The minimum absolute atomic E-state index is 0.992. The van der Waals surface area contributed by atoms with Crippen molar-refractivity contribution in [2.45, 2.75) is 19.4 Å². The van der Waals surface area contributed by atoms with Crippen LogP contribution in [0, 0.1) is 0 Å². The SMILES string of the molecule is Brc1ccc2[nH]c3c(c2c1)CNCCC3. The summed E-state index contributed by atoms with van der Waals surface area (Å²) in [6.45, 7) is 2.11. The average Bonchev–Trinajstić information content (AvgIpc) is 2.44. The van der Waals surface area contributed by atoms with Crippen molar-refractivity contribution >= 4 is 26.8 Å². The van der Waals surface area contributed by atoms with Crippen LogP contribution in [0.1, 0.15) is 17.7 Å². The number of H-pyrrole nitrogens is 1. The normalized spacial score (nSPS) is 16.3. The third kappa shape index (κ3) is 1.60. The van der Waals surface area contributed by atoms with Crippen molar-refractivity contribution in [2.75, 3.05) is 6.54 Å². The number of aromatic amines is 1. The van der Waals surface area contributed by atoms with Crippen molar-refractivity contribution in [1.82, 2.24) is 10.3 Å². The molecular weight excluding hydrogens is 252 g/mol. The number of aryl methyl sites for hydroxylation is 1. The predicted octanol–water partition coefficient (Wildman–Crippen LogP) is 2.97. The number of fused-ring (bicyclic) bond motifs is 3. The number of aromatic nitrogens is 1. The number of nitrogens with one attached hydrogen (secondary N) is 2. The fourth-order valence-electron chi connectivity index (χ4n) is 2.29. The number of rotatable bonds is 0. The second kappa shape index (κ2) is 3.65. The molecule has 1 aliphatic heterocycles. The van der Waals surface area contributed by atoms with Gasteiger partial charge in [0, 0.05) is 27.6 Å². The van der Waals surface area contributed by atoms with Gasteiger partial charge < -0.3 is 10.3 Å². The largest absolute Gasteiger partial charge is 0.358 e. The van der Waals surface area contributed by atoms with E-state index in [0.717, 1.165) is 24.0 Å². The maximum Gasteiger partial charge on any atom is 0.0460 e. The van der Waals surface area contributed by atoms with Crippen molar-refractivity contribution in [3.05, 3.63) is 33.9 Å². The Morgan fingerprint density at radius 3 is 3.13 bits per heavy atom. The first kappa shape index (κ1) is 9.43. The maximum atomic E-state index is 3.53. The van der Waals surface area contributed by atoms with E-state index in [4.69, 9.17) is 0 Å². The van der Waals surface area contributed by atoms with Crippen molar-refractivity contribution in [2.24, 2.45) is 0 Å². The van der Waals surface area contributed by atoms with Crippen LogP contribution >= 0.6 is 15.9 Å². The highest BCUT2D eigenvalue weighted by molar-refractivity contribution is 9.10. The molecule has 0 aliphatic carbocycles. The molecule has 0 radical (unpaired) electrons. The second-order valence-electron chi connectivity index (χ2n) is 4.05. The summed E-state index contributed by atoms with van der Waals surface area (Å²) in [5.41, 5.74) is 4.11. The summed E-state index contributed by atoms with van der Waals surface area (Å²) in [5, 5.41) is 4.82. The van der Waals surface area contributed by atoms with Crippen LogP contribution in [0.15, 0.2) is 22.7 Å². The Balaban J connectivity index is 2.24. The van der Waals surface area contributed by atoms with E-state index < -0.39 is 0 Å². The third-order valence-electron chi connectivity index (χ3n) is 3.04. The summed E-state index contributed by atoms with van der Waals surface area (Å²) in [7, 11) is 0. The Kier molecular flexibility index (Phi) is 2.29. The minimum atomic E-state index is 0.992. The summed E-state index contributed by atoms with van der Waals surface area (Å²) in [6, 6.07) is 6.44. The van der Waals surface area contributed by atoms with Crippen LogP contribution in [0.25, 0.3) is 10.9 Å². The molecular formula is C12H13BrN2. The lowest BCUT2D eigenvalue weighted by Gasteiger charge is -1.99. The van der Waals surface area contributed by atoms with E-state index in [1.807, 2.05) is 0 Å². The molecule has 2 aromatic rings. The number of halogens is 1. The summed E-state index contributed by atoms with van der Waals surface area (Å²) in [5.74, 6) is 0. The molecule has 3 rings (SSSR count). The van der Waals surface area contributed by atoms with Crippen LogP contribution in [-0.2, 0) is 13.0 Å². The molecule has 1 aromatic carbocycles. The first-order valence-corrected chi connectivity index (χ1v) is 6.13. The Morgan fingerprint density at radius 1 is 1.27 bits per heavy atom. The van der Waals surface area contributed by atoms with E-state index >= 15 is 0 Å². The lowest BCUT2D eigenvalue weighted by molar-refractivity contribution is 0.680. The van der Waals surface area contributed by atoms with E-state index in [2.05, 4.69) is 44.4 Å². The monoisotopic (exact) mass is 264 g/mol. The van der Waals surface area contributed by atoms with E-state index in [1.54, 1.807) is 0 Å². The molecule has 15 heavy (non-hydrogen) atoms. The summed E-state index contributed by atoms with van der Waals surface area (Å²) >= 11 is 3.53. The van der Waals surface area contributed by atoms with Gasteiger partial charge in [-0.2, -0.15) is 0 Å². The zero-order valence-electron chi connectivity index (χ0n) is 8.44. The van der Waals surface area contributed by atoms with Gasteiger partial charge in [-0.1, -0.05) is 15.9 Å². The lowest BCUT2D eigenvalue weighted by Crippen LogP contribution is -2.11. The van der Waals surface area contributed by atoms with Crippen LogP contribution in [0.2, 0.25) is 0 Å². The standard InChI is InChI=1S/C12H13BrN2/c13-8-3-4-12-9(6-8)10-7-14-5-1-2-11(10)15-12/h3-4,6,14-15H,1-2,5,7H2. The van der Waals surface area contributed by atoms with Gasteiger partial charge >= 0.3 is 0 Å². The van der Waals surface area contributed by atoms with Gasteiger partial charge in [-0.15, -0.1) is 0 Å². The minimum Gasteiger partial charge on any atom is -0.358 e. The first-order chi connectivity index (χ1) is 7.34. The van der Waals surface area contributed by atoms with Gasteiger partial charge in [-0.25, -0.2) is 0 Å². The van der Waals surface area contributed by atoms with E-state index in [1.165, 1.54) is 28.6 Å². The molecule has 0 unspecified atom stereocenters. The second-order valence-corrected chi connectivity index (χ2v) is 4.97. The van der Waals surface area contributed by atoms with Crippen LogP contribution in [-0.4, -0.2) is 11.5 Å². The molecule has 3 heteroatoms. The topological polar surface area (TPSA) is 27.8 Å². The molecule has 2 N–H and O–H groups in total. The first-order valence-electron chi connectivity index (χ1n) is 5.34.